The Bertz CT molecular complexity index is 605. The first kappa shape index (κ1) is 16.8. The highest BCUT2D eigenvalue weighted by atomic mass is 16.3. The fraction of sp³-hybridized carbons (Fsp3) is 0.864. The second-order valence-electron chi connectivity index (χ2n) is 10.6. The summed E-state index contributed by atoms with van der Waals surface area (Å²) in [4.78, 5) is 12.5. The Morgan fingerprint density at radius 2 is 1.58 bits per heavy atom. The number of carbonyl (C=O) groups is 1. The zero-order valence-electron chi connectivity index (χ0n) is 16.1. The number of aliphatic hydroxyl groups is 1. The number of fused-ring (bicyclic) bond motifs is 5. The van der Waals surface area contributed by atoms with Crippen molar-refractivity contribution in [2.24, 2.45) is 39.4 Å². The summed E-state index contributed by atoms with van der Waals surface area (Å²) >= 11 is 0. The molecule has 0 aromatic rings. The van der Waals surface area contributed by atoms with E-state index in [0.717, 1.165) is 19.3 Å². The van der Waals surface area contributed by atoms with Gasteiger partial charge in [-0.2, -0.15) is 0 Å². The van der Waals surface area contributed by atoms with E-state index in [4.69, 9.17) is 0 Å². The first-order valence-electron chi connectivity index (χ1n) is 9.99. The van der Waals surface area contributed by atoms with Crippen LogP contribution in [0.1, 0.15) is 73.1 Å². The maximum Gasteiger partial charge on any atom is 0.161 e. The van der Waals surface area contributed by atoms with Crippen molar-refractivity contribution in [2.45, 2.75) is 79.2 Å². The molecule has 3 saturated carbocycles. The summed E-state index contributed by atoms with van der Waals surface area (Å²) in [5, 5.41) is 10.7. The van der Waals surface area contributed by atoms with Crippen LogP contribution in [0, 0.1) is 39.4 Å². The summed E-state index contributed by atoms with van der Waals surface area (Å²) in [5.41, 5.74) is 0.243. The summed E-state index contributed by atoms with van der Waals surface area (Å²) in [6, 6.07) is 0. The molecular weight excluding hydrogens is 296 g/mol. The molecule has 24 heavy (non-hydrogen) atoms. The molecule has 7 atom stereocenters. The van der Waals surface area contributed by atoms with Gasteiger partial charge in [0.15, 0.2) is 5.78 Å². The Balaban J connectivity index is 1.77. The van der Waals surface area contributed by atoms with Crippen LogP contribution in [0.15, 0.2) is 12.2 Å². The molecule has 0 aromatic heterocycles. The molecule has 3 fully saturated rings. The average Bonchev–Trinajstić information content (AvgIpc) is 2.76. The molecule has 0 radical (unpaired) electrons. The molecule has 0 heterocycles. The Hall–Kier alpha value is -0.630. The third kappa shape index (κ3) is 1.74. The topological polar surface area (TPSA) is 37.3 Å². The van der Waals surface area contributed by atoms with Crippen LogP contribution in [-0.4, -0.2) is 17.0 Å². The molecular formula is C22H34O2. The fourth-order valence-corrected chi connectivity index (χ4v) is 7.78. The van der Waals surface area contributed by atoms with E-state index in [0.29, 0.717) is 23.5 Å². The third-order valence-electron chi connectivity index (χ3n) is 9.67. The van der Waals surface area contributed by atoms with Crippen LogP contribution < -0.4 is 0 Å². The molecule has 0 saturated heterocycles. The van der Waals surface area contributed by atoms with E-state index < -0.39 is 0 Å². The molecule has 1 N–H and O–H groups in total. The Kier molecular flexibility index (Phi) is 3.33. The predicted octanol–water partition coefficient (Wildman–Crippen LogP) is 4.76. The standard InChI is InChI=1S/C22H34O2/c1-19(2)16-7-6-15-14(20(16,3)11-9-17(19)23)8-12-22(5)18(24)10-13-21(15,22)4/h9,11,14-16,18,24H,6-8,10,12-13H2,1-5H3/t14-,15+,16?,18?,20+,21-,22+/m0/s1. The van der Waals surface area contributed by atoms with Crippen molar-refractivity contribution in [3.05, 3.63) is 12.2 Å². The van der Waals surface area contributed by atoms with Crippen LogP contribution in [-0.2, 0) is 4.79 Å². The zero-order chi connectivity index (χ0) is 17.5. The van der Waals surface area contributed by atoms with Crippen molar-refractivity contribution in [3.8, 4) is 0 Å². The van der Waals surface area contributed by atoms with Gasteiger partial charge in [-0.3, -0.25) is 4.79 Å². The molecule has 4 aliphatic rings. The van der Waals surface area contributed by atoms with Gasteiger partial charge in [-0.25, -0.2) is 0 Å². The van der Waals surface area contributed by atoms with Gasteiger partial charge in [-0.1, -0.05) is 40.7 Å². The normalized spacial score (nSPS) is 55.7. The van der Waals surface area contributed by atoms with Gasteiger partial charge >= 0.3 is 0 Å². The maximum atomic E-state index is 12.5. The largest absolute Gasteiger partial charge is 0.393 e. The van der Waals surface area contributed by atoms with Crippen molar-refractivity contribution in [1.29, 1.82) is 0 Å². The lowest BCUT2D eigenvalue weighted by Gasteiger charge is -2.64. The van der Waals surface area contributed by atoms with E-state index in [1.807, 2.05) is 6.08 Å². The minimum atomic E-state index is -0.231. The van der Waals surface area contributed by atoms with E-state index in [1.165, 1.54) is 19.3 Å². The van der Waals surface area contributed by atoms with Crippen molar-refractivity contribution < 1.29 is 9.90 Å². The lowest BCUT2D eigenvalue weighted by molar-refractivity contribution is -0.163. The number of allylic oxidation sites excluding steroid dienone is 2. The van der Waals surface area contributed by atoms with Crippen LogP contribution in [0.3, 0.4) is 0 Å². The molecule has 2 unspecified atom stereocenters. The summed E-state index contributed by atoms with van der Waals surface area (Å²) in [6.07, 6.45) is 10.9. The maximum absolute atomic E-state index is 12.5. The van der Waals surface area contributed by atoms with Gasteiger partial charge < -0.3 is 5.11 Å². The highest BCUT2D eigenvalue weighted by molar-refractivity contribution is 5.95. The number of carbonyl (C=O) groups excluding carboxylic acids is 1. The number of ketones is 1. The number of hydrogen-bond donors (Lipinski definition) is 1. The van der Waals surface area contributed by atoms with Gasteiger partial charge in [0.2, 0.25) is 0 Å². The van der Waals surface area contributed by atoms with Crippen LogP contribution in [0.4, 0.5) is 0 Å². The molecule has 4 aliphatic carbocycles. The monoisotopic (exact) mass is 330 g/mol. The fourth-order valence-electron chi connectivity index (χ4n) is 7.78. The van der Waals surface area contributed by atoms with E-state index in [-0.39, 0.29) is 27.8 Å². The van der Waals surface area contributed by atoms with Crippen molar-refractivity contribution in [3.63, 3.8) is 0 Å². The molecule has 2 heteroatoms. The Morgan fingerprint density at radius 3 is 2.29 bits per heavy atom. The van der Waals surface area contributed by atoms with Crippen LogP contribution in [0.2, 0.25) is 0 Å². The highest BCUT2D eigenvalue weighted by Gasteiger charge is 2.66. The molecule has 0 aromatic carbocycles. The zero-order valence-corrected chi connectivity index (χ0v) is 16.1. The lowest BCUT2D eigenvalue weighted by atomic mass is 9.40. The van der Waals surface area contributed by atoms with Gasteiger partial charge in [-0.15, -0.1) is 0 Å². The summed E-state index contributed by atoms with van der Waals surface area (Å²) in [7, 11) is 0. The molecule has 2 nitrogen and oxygen atoms in total. The SMILES string of the molecule is CC1(C)C(=O)C=C[C@@]2(C)C1CC[C@@H]1[C@@H]2CC[C@]2(C)C(O)CC[C@@]12C. The predicted molar refractivity (Wildman–Crippen MR) is 96.4 cm³/mol. The molecule has 0 spiro atoms. The number of rotatable bonds is 0. The number of aliphatic hydroxyl groups excluding tert-OH is 1. The van der Waals surface area contributed by atoms with Gasteiger partial charge in [0.05, 0.1) is 6.10 Å². The smallest absolute Gasteiger partial charge is 0.161 e. The minimum absolute atomic E-state index is 0.0844. The van der Waals surface area contributed by atoms with E-state index >= 15 is 0 Å². The van der Waals surface area contributed by atoms with Crippen LogP contribution in [0.25, 0.3) is 0 Å². The summed E-state index contributed by atoms with van der Waals surface area (Å²) in [5.74, 6) is 2.11. The molecule has 4 rings (SSSR count). The summed E-state index contributed by atoms with van der Waals surface area (Å²) in [6.45, 7) is 11.6. The van der Waals surface area contributed by atoms with Gasteiger partial charge in [-0.05, 0) is 78.6 Å². The van der Waals surface area contributed by atoms with E-state index in [2.05, 4.69) is 40.7 Å². The van der Waals surface area contributed by atoms with Crippen molar-refractivity contribution >= 4 is 5.78 Å². The second kappa shape index (κ2) is 4.75. The van der Waals surface area contributed by atoms with Crippen LogP contribution in [0.5, 0.6) is 0 Å². The first-order chi connectivity index (χ1) is 11.1. The van der Waals surface area contributed by atoms with Crippen molar-refractivity contribution in [1.82, 2.24) is 0 Å². The third-order valence-corrected chi connectivity index (χ3v) is 9.67. The Labute approximate surface area is 147 Å². The van der Waals surface area contributed by atoms with E-state index in [1.54, 1.807) is 0 Å². The van der Waals surface area contributed by atoms with Gasteiger partial charge in [0.25, 0.3) is 0 Å². The van der Waals surface area contributed by atoms with Gasteiger partial charge in [0.1, 0.15) is 0 Å². The summed E-state index contributed by atoms with van der Waals surface area (Å²) < 4.78 is 0. The van der Waals surface area contributed by atoms with Crippen LogP contribution >= 0.6 is 0 Å². The molecule has 0 bridgehead atoms. The average molecular weight is 331 g/mol. The molecule has 134 valence electrons. The van der Waals surface area contributed by atoms with Gasteiger partial charge in [0, 0.05) is 5.41 Å². The lowest BCUT2D eigenvalue weighted by Crippen LogP contribution is -2.60. The highest BCUT2D eigenvalue weighted by Crippen LogP contribution is 2.71. The minimum Gasteiger partial charge on any atom is -0.393 e. The first-order valence-corrected chi connectivity index (χ1v) is 9.99. The molecule has 0 aliphatic heterocycles. The Morgan fingerprint density at radius 1 is 0.917 bits per heavy atom. The van der Waals surface area contributed by atoms with E-state index in [9.17, 15) is 9.90 Å². The number of hydrogen-bond acceptors (Lipinski definition) is 2. The second-order valence-corrected chi connectivity index (χ2v) is 10.6. The van der Waals surface area contributed by atoms with Crippen molar-refractivity contribution in [2.75, 3.05) is 0 Å². The quantitative estimate of drug-likeness (QED) is 0.695. The molecule has 0 amide bonds.